The van der Waals surface area contributed by atoms with Gasteiger partial charge in [0.2, 0.25) is 5.91 Å². The molecule has 2 fully saturated rings. The average molecular weight is 398 g/mol. The van der Waals surface area contributed by atoms with Gasteiger partial charge in [-0.1, -0.05) is 18.2 Å². The molecule has 2 amide bonds. The normalized spacial score (nSPS) is 17.9. The minimum absolute atomic E-state index is 0.0189. The Labute approximate surface area is 170 Å². The summed E-state index contributed by atoms with van der Waals surface area (Å²) in [6, 6.07) is 11.2. The molecule has 2 saturated heterocycles. The predicted molar refractivity (Wildman–Crippen MR) is 106 cm³/mol. The maximum absolute atomic E-state index is 12.9. The molecule has 0 radical (unpaired) electrons. The highest BCUT2D eigenvalue weighted by Gasteiger charge is 2.32. The number of amides is 2. The lowest BCUT2D eigenvalue weighted by molar-refractivity contribution is -0.141. The van der Waals surface area contributed by atoms with E-state index in [1.165, 1.54) is 6.26 Å². The summed E-state index contributed by atoms with van der Waals surface area (Å²) in [5, 5.41) is 0. The number of furan rings is 1. The molecule has 2 aliphatic heterocycles. The van der Waals surface area contributed by atoms with E-state index in [0.717, 1.165) is 11.3 Å². The highest BCUT2D eigenvalue weighted by Crippen LogP contribution is 2.24. The maximum atomic E-state index is 12.9. The largest absolute Gasteiger partial charge is 0.489 e. The van der Waals surface area contributed by atoms with Crippen molar-refractivity contribution in [2.45, 2.75) is 19.4 Å². The zero-order chi connectivity index (χ0) is 20.1. The van der Waals surface area contributed by atoms with Crippen molar-refractivity contribution >= 4 is 11.8 Å². The molecule has 1 aromatic heterocycles. The van der Waals surface area contributed by atoms with E-state index in [9.17, 15) is 9.59 Å². The van der Waals surface area contributed by atoms with Crippen molar-refractivity contribution in [2.24, 2.45) is 5.92 Å². The van der Waals surface area contributed by atoms with E-state index in [-0.39, 0.29) is 24.3 Å². The van der Waals surface area contributed by atoms with Crippen LogP contribution < -0.4 is 4.74 Å². The van der Waals surface area contributed by atoms with Gasteiger partial charge in [-0.05, 0) is 31.0 Å². The number of morpholine rings is 1. The van der Waals surface area contributed by atoms with Crippen molar-refractivity contribution in [3.05, 3.63) is 54.0 Å². The number of ether oxygens (including phenoxy) is 2. The molecule has 0 aliphatic carbocycles. The van der Waals surface area contributed by atoms with Crippen molar-refractivity contribution < 1.29 is 23.5 Å². The Morgan fingerprint density at radius 1 is 0.966 bits per heavy atom. The van der Waals surface area contributed by atoms with E-state index in [1.807, 2.05) is 35.2 Å². The molecule has 3 heterocycles. The van der Waals surface area contributed by atoms with Gasteiger partial charge >= 0.3 is 0 Å². The molecule has 0 bridgehead atoms. The second-order valence-electron chi connectivity index (χ2n) is 7.38. The number of nitrogens with zero attached hydrogens (tertiary/aromatic N) is 2. The highest BCUT2D eigenvalue weighted by atomic mass is 16.5. The van der Waals surface area contributed by atoms with E-state index < -0.39 is 0 Å². The Morgan fingerprint density at radius 3 is 2.41 bits per heavy atom. The van der Waals surface area contributed by atoms with E-state index in [1.54, 1.807) is 11.0 Å². The van der Waals surface area contributed by atoms with Crippen LogP contribution in [0.1, 0.15) is 29.0 Å². The van der Waals surface area contributed by atoms with Gasteiger partial charge in [0.25, 0.3) is 5.91 Å². The van der Waals surface area contributed by atoms with Gasteiger partial charge in [-0.15, -0.1) is 0 Å². The summed E-state index contributed by atoms with van der Waals surface area (Å²) in [7, 11) is 0. The lowest BCUT2D eigenvalue weighted by Gasteiger charge is -2.35. The molecule has 2 aromatic rings. The lowest BCUT2D eigenvalue weighted by Crippen LogP contribution is -2.47. The molecule has 7 heteroatoms. The molecular formula is C22H26N2O5. The van der Waals surface area contributed by atoms with E-state index in [0.29, 0.717) is 58.0 Å². The fourth-order valence-corrected chi connectivity index (χ4v) is 3.83. The number of piperidine rings is 1. The van der Waals surface area contributed by atoms with Gasteiger partial charge in [0.15, 0.2) is 5.76 Å². The number of hydrogen-bond acceptors (Lipinski definition) is 5. The van der Waals surface area contributed by atoms with Crippen LogP contribution in [0, 0.1) is 5.92 Å². The summed E-state index contributed by atoms with van der Waals surface area (Å²) in [5.74, 6) is 1.09. The molecule has 0 spiro atoms. The minimum atomic E-state index is -0.140. The number of rotatable bonds is 5. The Balaban J connectivity index is 1.32. The van der Waals surface area contributed by atoms with Crippen LogP contribution >= 0.6 is 0 Å². The molecule has 1 aromatic carbocycles. The summed E-state index contributed by atoms with van der Waals surface area (Å²) >= 11 is 0. The number of hydrogen-bond donors (Lipinski definition) is 0. The van der Waals surface area contributed by atoms with Gasteiger partial charge in [-0.25, -0.2) is 0 Å². The molecular weight excluding hydrogens is 372 g/mol. The third kappa shape index (κ3) is 4.62. The standard InChI is InChI=1S/C22H26N2O5/c25-21(24-11-14-27-15-12-24)17-6-9-23(10-7-17)22(26)20-18(8-13-28-20)16-29-19-4-2-1-3-5-19/h1-5,8,13,17H,6-7,9-12,14-16H2. The second-order valence-corrected chi connectivity index (χ2v) is 7.38. The molecule has 154 valence electrons. The number of likely N-dealkylation sites (tertiary alicyclic amines) is 1. The summed E-state index contributed by atoms with van der Waals surface area (Å²) in [5.41, 5.74) is 0.727. The van der Waals surface area contributed by atoms with Crippen LogP contribution in [0.3, 0.4) is 0 Å². The van der Waals surface area contributed by atoms with Crippen molar-refractivity contribution in [2.75, 3.05) is 39.4 Å². The fraction of sp³-hybridized carbons (Fsp3) is 0.455. The third-order valence-corrected chi connectivity index (χ3v) is 5.53. The van der Waals surface area contributed by atoms with Gasteiger partial charge < -0.3 is 23.7 Å². The van der Waals surface area contributed by atoms with Gasteiger partial charge in [0.1, 0.15) is 12.4 Å². The van der Waals surface area contributed by atoms with Gasteiger partial charge in [-0.3, -0.25) is 9.59 Å². The number of carbonyl (C=O) groups is 2. The highest BCUT2D eigenvalue weighted by molar-refractivity contribution is 5.93. The van der Waals surface area contributed by atoms with Crippen LogP contribution in [0.25, 0.3) is 0 Å². The van der Waals surface area contributed by atoms with Crippen LogP contribution in [-0.2, 0) is 16.1 Å². The van der Waals surface area contributed by atoms with Crippen molar-refractivity contribution in [1.82, 2.24) is 9.80 Å². The zero-order valence-corrected chi connectivity index (χ0v) is 16.4. The van der Waals surface area contributed by atoms with Gasteiger partial charge in [-0.2, -0.15) is 0 Å². The summed E-state index contributed by atoms with van der Waals surface area (Å²) in [6.45, 7) is 3.92. The third-order valence-electron chi connectivity index (χ3n) is 5.53. The Hall–Kier alpha value is -2.80. The Kier molecular flexibility index (Phi) is 6.14. The first-order valence-corrected chi connectivity index (χ1v) is 10.1. The Morgan fingerprint density at radius 2 is 1.69 bits per heavy atom. The summed E-state index contributed by atoms with van der Waals surface area (Å²) in [4.78, 5) is 29.3. The molecule has 29 heavy (non-hydrogen) atoms. The van der Waals surface area contributed by atoms with E-state index in [4.69, 9.17) is 13.9 Å². The SMILES string of the molecule is O=C(c1occc1COc1ccccc1)N1CCC(C(=O)N2CCOCC2)CC1. The number of para-hydroxylation sites is 1. The van der Waals surface area contributed by atoms with E-state index >= 15 is 0 Å². The topological polar surface area (TPSA) is 72.2 Å². The van der Waals surface area contributed by atoms with E-state index in [2.05, 4.69) is 0 Å². The molecule has 0 unspecified atom stereocenters. The first-order valence-electron chi connectivity index (χ1n) is 10.1. The number of benzene rings is 1. The van der Waals surface area contributed by atoms with Crippen LogP contribution in [0.2, 0.25) is 0 Å². The molecule has 0 N–H and O–H groups in total. The molecule has 2 aliphatic rings. The quantitative estimate of drug-likeness (QED) is 0.774. The summed E-state index contributed by atoms with van der Waals surface area (Å²) in [6.07, 6.45) is 2.88. The summed E-state index contributed by atoms with van der Waals surface area (Å²) < 4.78 is 16.5. The average Bonchev–Trinajstić information content (AvgIpc) is 3.27. The van der Waals surface area contributed by atoms with Crippen LogP contribution in [0.4, 0.5) is 0 Å². The molecule has 7 nitrogen and oxygen atoms in total. The first-order chi connectivity index (χ1) is 14.2. The number of carbonyl (C=O) groups excluding carboxylic acids is 2. The molecule has 4 rings (SSSR count). The maximum Gasteiger partial charge on any atom is 0.289 e. The van der Waals surface area contributed by atoms with Gasteiger partial charge in [0.05, 0.1) is 19.5 Å². The smallest absolute Gasteiger partial charge is 0.289 e. The van der Waals surface area contributed by atoms with Gasteiger partial charge in [0, 0.05) is 37.7 Å². The second kappa shape index (κ2) is 9.13. The predicted octanol–water partition coefficient (Wildman–Crippen LogP) is 2.57. The van der Waals surface area contributed by atoms with Crippen LogP contribution in [0.5, 0.6) is 5.75 Å². The monoisotopic (exact) mass is 398 g/mol. The zero-order valence-electron chi connectivity index (χ0n) is 16.4. The Bertz CT molecular complexity index is 821. The lowest BCUT2D eigenvalue weighted by atomic mass is 9.95. The van der Waals surface area contributed by atoms with Crippen molar-refractivity contribution in [3.8, 4) is 5.75 Å². The van der Waals surface area contributed by atoms with Crippen LogP contribution in [0.15, 0.2) is 47.1 Å². The molecule has 0 saturated carbocycles. The molecule has 0 atom stereocenters. The van der Waals surface area contributed by atoms with Crippen molar-refractivity contribution in [1.29, 1.82) is 0 Å². The minimum Gasteiger partial charge on any atom is -0.489 e. The van der Waals surface area contributed by atoms with Crippen LogP contribution in [-0.4, -0.2) is 61.0 Å². The van der Waals surface area contributed by atoms with Crippen molar-refractivity contribution in [3.63, 3.8) is 0 Å². The first kappa shape index (κ1) is 19.5. The fourth-order valence-electron chi connectivity index (χ4n) is 3.83.